The molecule has 0 amide bonds. The van der Waals surface area contributed by atoms with Crippen LogP contribution in [0.25, 0.3) is 0 Å². The summed E-state index contributed by atoms with van der Waals surface area (Å²) >= 11 is 0. The second-order valence-corrected chi connectivity index (χ2v) is 17.0. The second-order valence-electron chi connectivity index (χ2n) is 12.3. The smallest absolute Gasteiger partial charge is 0.192 e. The minimum absolute atomic E-state index is 0.00907. The van der Waals surface area contributed by atoms with Crippen molar-refractivity contribution >= 4 is 14.6 Å². The van der Waals surface area contributed by atoms with E-state index >= 15 is 0 Å². The summed E-state index contributed by atoms with van der Waals surface area (Å²) < 4.78 is 35.8. The normalized spacial score (nSPS) is 16.8. The van der Waals surface area contributed by atoms with Crippen LogP contribution in [0.4, 0.5) is 0 Å². The molecule has 0 aliphatic carbocycles. The summed E-state index contributed by atoms with van der Waals surface area (Å²) in [6.45, 7) is 21.1. The van der Waals surface area contributed by atoms with Gasteiger partial charge in [0.2, 0.25) is 0 Å². The van der Waals surface area contributed by atoms with Crippen LogP contribution < -0.4 is 4.74 Å². The molecule has 1 aromatic rings. The zero-order valence-corrected chi connectivity index (χ0v) is 28.4. The molecule has 1 aromatic carbocycles. The SMILES string of the molecule is C/C=C\[C@H](C)/C=C(\C)[C@@H](O[Si](C)(C)C(C)(C)C)[C@@H](COCOCCOC)[C@@H](OCc1ccc(OC)cc1)[C@H](C)C=O. The maximum absolute atomic E-state index is 12.3. The third kappa shape index (κ3) is 12.9. The molecule has 0 aromatic heterocycles. The molecule has 8 heteroatoms. The highest BCUT2D eigenvalue weighted by Gasteiger charge is 2.44. The van der Waals surface area contributed by atoms with E-state index in [2.05, 4.69) is 65.9 Å². The summed E-state index contributed by atoms with van der Waals surface area (Å²) in [5.41, 5.74) is 2.10. The third-order valence-electron chi connectivity index (χ3n) is 7.75. The van der Waals surface area contributed by atoms with Gasteiger partial charge < -0.3 is 32.9 Å². The molecule has 0 heterocycles. The van der Waals surface area contributed by atoms with E-state index in [1.807, 2.05) is 38.1 Å². The number of carbonyl (C=O) groups excluding carboxylic acids is 1. The Morgan fingerprint density at radius 1 is 1.02 bits per heavy atom. The molecule has 234 valence electrons. The largest absolute Gasteiger partial charge is 0.497 e. The first-order valence-electron chi connectivity index (χ1n) is 14.6. The van der Waals surface area contributed by atoms with Gasteiger partial charge in [0.05, 0.1) is 45.7 Å². The van der Waals surface area contributed by atoms with Crippen LogP contribution in [0.3, 0.4) is 0 Å². The zero-order valence-electron chi connectivity index (χ0n) is 27.4. The van der Waals surface area contributed by atoms with Gasteiger partial charge >= 0.3 is 0 Å². The van der Waals surface area contributed by atoms with E-state index in [-0.39, 0.29) is 35.7 Å². The fourth-order valence-electron chi connectivity index (χ4n) is 4.34. The molecule has 1 rings (SSSR count). The molecule has 7 nitrogen and oxygen atoms in total. The minimum atomic E-state index is -2.24. The van der Waals surface area contributed by atoms with E-state index < -0.39 is 14.4 Å². The molecule has 0 aliphatic heterocycles. The number of carbonyl (C=O) groups is 1. The molecular weight excluding hydrogens is 536 g/mol. The van der Waals surface area contributed by atoms with Crippen molar-refractivity contribution in [2.45, 2.75) is 85.4 Å². The number of ether oxygens (including phenoxy) is 5. The fraction of sp³-hybridized carbons (Fsp3) is 0.667. The van der Waals surface area contributed by atoms with Crippen molar-refractivity contribution in [1.29, 1.82) is 0 Å². The van der Waals surface area contributed by atoms with Crippen molar-refractivity contribution in [2.75, 3.05) is 40.8 Å². The summed E-state index contributed by atoms with van der Waals surface area (Å²) in [5.74, 6) is 0.363. The van der Waals surface area contributed by atoms with E-state index in [1.165, 1.54) is 0 Å². The first kappa shape index (κ1) is 37.2. The number of benzene rings is 1. The minimum Gasteiger partial charge on any atom is -0.497 e. The Bertz CT molecular complexity index is 921. The van der Waals surface area contributed by atoms with Crippen LogP contribution in [0.15, 0.2) is 48.1 Å². The maximum Gasteiger partial charge on any atom is 0.192 e. The molecular formula is C33H56O7Si. The highest BCUT2D eigenvalue weighted by molar-refractivity contribution is 6.74. The van der Waals surface area contributed by atoms with E-state index in [0.29, 0.717) is 26.4 Å². The lowest BCUT2D eigenvalue weighted by atomic mass is 9.85. The Kier molecular flexibility index (Phi) is 16.9. The second kappa shape index (κ2) is 18.7. The molecule has 0 saturated heterocycles. The van der Waals surface area contributed by atoms with Gasteiger partial charge in [-0.05, 0) is 61.2 Å². The van der Waals surface area contributed by atoms with Crippen LogP contribution in [-0.4, -0.2) is 67.6 Å². The van der Waals surface area contributed by atoms with Gasteiger partial charge in [-0.15, -0.1) is 0 Å². The van der Waals surface area contributed by atoms with Crippen LogP contribution in [0.2, 0.25) is 18.1 Å². The van der Waals surface area contributed by atoms with Gasteiger partial charge in [-0.2, -0.15) is 0 Å². The Labute approximate surface area is 250 Å². The van der Waals surface area contributed by atoms with Crippen LogP contribution in [0, 0.1) is 17.8 Å². The number of hydrogen-bond donors (Lipinski definition) is 0. The summed E-state index contributed by atoms with van der Waals surface area (Å²) in [7, 11) is 1.05. The maximum atomic E-state index is 12.3. The molecule has 0 radical (unpaired) electrons. The zero-order chi connectivity index (χ0) is 31.1. The summed E-state index contributed by atoms with van der Waals surface area (Å²) in [4.78, 5) is 12.3. The van der Waals surface area contributed by atoms with Crippen LogP contribution in [0.5, 0.6) is 5.75 Å². The fourth-order valence-corrected chi connectivity index (χ4v) is 5.69. The lowest BCUT2D eigenvalue weighted by Crippen LogP contribution is -2.50. The van der Waals surface area contributed by atoms with Crippen molar-refractivity contribution in [2.24, 2.45) is 17.8 Å². The van der Waals surface area contributed by atoms with Gasteiger partial charge in [0, 0.05) is 18.9 Å². The molecule has 0 saturated carbocycles. The van der Waals surface area contributed by atoms with Gasteiger partial charge in [-0.3, -0.25) is 0 Å². The number of allylic oxidation sites excluding steroid dienone is 3. The number of methoxy groups -OCH3 is 2. The van der Waals surface area contributed by atoms with Crippen LogP contribution >= 0.6 is 0 Å². The van der Waals surface area contributed by atoms with Crippen molar-refractivity contribution in [3.63, 3.8) is 0 Å². The first-order valence-corrected chi connectivity index (χ1v) is 17.5. The Morgan fingerprint density at radius 2 is 1.68 bits per heavy atom. The lowest BCUT2D eigenvalue weighted by Gasteiger charge is -2.44. The molecule has 5 atom stereocenters. The Hall–Kier alpha value is -1.81. The van der Waals surface area contributed by atoms with Crippen LogP contribution in [0.1, 0.15) is 54.0 Å². The first-order chi connectivity index (χ1) is 19.3. The Balaban J connectivity index is 3.51. The molecule has 0 aliphatic rings. The molecule has 0 unspecified atom stereocenters. The Morgan fingerprint density at radius 3 is 2.22 bits per heavy atom. The third-order valence-corrected chi connectivity index (χ3v) is 12.2. The summed E-state index contributed by atoms with van der Waals surface area (Å²) in [6.07, 6.45) is 6.66. The highest BCUT2D eigenvalue weighted by atomic mass is 28.4. The van der Waals surface area contributed by atoms with Crippen LogP contribution in [-0.2, 0) is 34.8 Å². The van der Waals surface area contributed by atoms with Crippen molar-refractivity contribution in [1.82, 2.24) is 0 Å². The number of aldehydes is 1. The quantitative estimate of drug-likeness (QED) is 0.0520. The molecule has 0 fully saturated rings. The van der Waals surface area contributed by atoms with Crippen molar-refractivity contribution in [3.8, 4) is 5.75 Å². The lowest BCUT2D eigenvalue weighted by molar-refractivity contribution is -0.132. The molecule has 0 N–H and O–H groups in total. The molecule has 0 spiro atoms. The standard InChI is InChI=1S/C33H56O7Si/c1-12-13-25(2)20-26(3)32(40-41(10,11)33(5,6)7)30(23-38-24-37-19-18-35-8)31(27(4)21-34)39-22-28-14-16-29(36-9)17-15-28/h12-17,20-21,25,27,30-32H,18-19,22-24H2,1-11H3/b13-12-,26-20+/t25-,27+,30-,31-,32+/m0/s1. The van der Waals surface area contributed by atoms with Gasteiger partial charge in [0.1, 0.15) is 18.8 Å². The average molecular weight is 593 g/mol. The van der Waals surface area contributed by atoms with Crippen molar-refractivity contribution in [3.05, 3.63) is 53.6 Å². The van der Waals surface area contributed by atoms with Gasteiger partial charge in [0.15, 0.2) is 8.32 Å². The van der Waals surface area contributed by atoms with Gasteiger partial charge in [-0.25, -0.2) is 0 Å². The topological polar surface area (TPSA) is 72.5 Å². The monoisotopic (exact) mass is 592 g/mol. The van der Waals surface area contributed by atoms with Gasteiger partial charge in [-0.1, -0.05) is 65.0 Å². The van der Waals surface area contributed by atoms with Crippen molar-refractivity contribution < 1.29 is 32.9 Å². The predicted octanol–water partition coefficient (Wildman–Crippen LogP) is 7.22. The average Bonchev–Trinajstić information content (AvgIpc) is 2.92. The predicted molar refractivity (Wildman–Crippen MR) is 169 cm³/mol. The summed E-state index contributed by atoms with van der Waals surface area (Å²) in [5, 5.41) is -0.00907. The number of hydrogen-bond acceptors (Lipinski definition) is 7. The highest BCUT2D eigenvalue weighted by Crippen LogP contribution is 2.40. The van der Waals surface area contributed by atoms with E-state index in [1.54, 1.807) is 14.2 Å². The molecule has 0 bridgehead atoms. The molecule has 41 heavy (non-hydrogen) atoms. The van der Waals surface area contributed by atoms with Gasteiger partial charge in [0.25, 0.3) is 0 Å². The number of rotatable bonds is 20. The summed E-state index contributed by atoms with van der Waals surface area (Å²) in [6, 6.07) is 7.77. The van der Waals surface area contributed by atoms with E-state index in [9.17, 15) is 4.79 Å². The van der Waals surface area contributed by atoms with E-state index in [0.717, 1.165) is 23.2 Å². The van der Waals surface area contributed by atoms with E-state index in [4.69, 9.17) is 28.1 Å².